The number of nitrogens with two attached hydrogens (primary N) is 1. The summed E-state index contributed by atoms with van der Waals surface area (Å²) in [5.74, 6) is 8.18. The van der Waals surface area contributed by atoms with E-state index in [2.05, 4.69) is 11.3 Å². The van der Waals surface area contributed by atoms with Gasteiger partial charge in [0.1, 0.15) is 0 Å². The quantitative estimate of drug-likeness (QED) is 0.403. The van der Waals surface area contributed by atoms with E-state index >= 15 is 0 Å². The maximum Gasteiger partial charge on any atom is 0.0853 e. The number of nitrogens with one attached hydrogen (secondary N) is 1. The first-order chi connectivity index (χ1) is 6.79. The highest BCUT2D eigenvalue weighted by molar-refractivity contribution is 5.01. The van der Waals surface area contributed by atoms with Crippen LogP contribution in [0.15, 0.2) is 0 Å². The fraction of sp³-hybridized carbons (Fsp3) is 0.818. The van der Waals surface area contributed by atoms with Gasteiger partial charge in [-0.3, -0.25) is 11.3 Å². The van der Waals surface area contributed by atoms with Crippen molar-refractivity contribution in [2.75, 3.05) is 7.11 Å². The summed E-state index contributed by atoms with van der Waals surface area (Å²) >= 11 is 0. The van der Waals surface area contributed by atoms with Gasteiger partial charge in [-0.05, 0) is 12.8 Å². The van der Waals surface area contributed by atoms with Crippen molar-refractivity contribution >= 4 is 0 Å². The van der Waals surface area contributed by atoms with E-state index in [1.54, 1.807) is 7.11 Å². The maximum atomic E-state index is 5.65. The molecule has 0 aliphatic heterocycles. The van der Waals surface area contributed by atoms with Crippen LogP contribution in [0.5, 0.6) is 0 Å². The van der Waals surface area contributed by atoms with Gasteiger partial charge in [-0.15, -0.1) is 12.3 Å². The van der Waals surface area contributed by atoms with Gasteiger partial charge in [0.05, 0.1) is 11.6 Å². The van der Waals surface area contributed by atoms with Crippen molar-refractivity contribution in [1.82, 2.24) is 5.43 Å². The molecule has 14 heavy (non-hydrogen) atoms. The zero-order chi connectivity index (χ0) is 10.4. The van der Waals surface area contributed by atoms with Gasteiger partial charge in [-0.25, -0.2) is 0 Å². The van der Waals surface area contributed by atoms with Crippen molar-refractivity contribution in [2.45, 2.75) is 50.2 Å². The Morgan fingerprint density at radius 2 is 2.14 bits per heavy atom. The third-order valence-corrected chi connectivity index (χ3v) is 3.26. The molecule has 1 saturated carbocycles. The van der Waals surface area contributed by atoms with Crippen molar-refractivity contribution in [2.24, 2.45) is 5.84 Å². The molecule has 0 aromatic carbocycles. The van der Waals surface area contributed by atoms with Crippen molar-refractivity contribution in [3.63, 3.8) is 0 Å². The second-order valence-electron chi connectivity index (χ2n) is 3.96. The lowest BCUT2D eigenvalue weighted by Gasteiger charge is -2.41. The molecule has 0 aromatic rings. The topological polar surface area (TPSA) is 47.3 Å². The van der Waals surface area contributed by atoms with Gasteiger partial charge in [0.2, 0.25) is 0 Å². The molecule has 3 heteroatoms. The number of hydrogen-bond acceptors (Lipinski definition) is 3. The number of hydrazine groups is 1. The van der Waals surface area contributed by atoms with Gasteiger partial charge >= 0.3 is 0 Å². The average Bonchev–Trinajstić information content (AvgIpc) is 2.27. The minimum absolute atomic E-state index is 0.0813. The minimum Gasteiger partial charge on any atom is -0.377 e. The summed E-state index contributed by atoms with van der Waals surface area (Å²) in [5, 5.41) is 0. The van der Waals surface area contributed by atoms with E-state index in [1.165, 1.54) is 19.3 Å². The van der Waals surface area contributed by atoms with E-state index in [0.717, 1.165) is 12.8 Å². The Bertz CT molecular complexity index is 204. The van der Waals surface area contributed by atoms with Gasteiger partial charge < -0.3 is 4.74 Å². The summed E-state index contributed by atoms with van der Waals surface area (Å²) < 4.78 is 5.65. The van der Waals surface area contributed by atoms with Crippen LogP contribution >= 0.6 is 0 Å². The standard InChI is InChI=1S/C11H20N2O/c1-3-7-10(13-12)11(14-2)8-5-4-6-9-11/h1,10,13H,4-9,12H2,2H3. The Morgan fingerprint density at radius 3 is 2.57 bits per heavy atom. The molecule has 0 heterocycles. The third kappa shape index (κ3) is 2.27. The molecule has 1 atom stereocenters. The van der Waals surface area contributed by atoms with E-state index in [1.807, 2.05) is 0 Å². The Kier molecular flexibility index (Phi) is 4.40. The Morgan fingerprint density at radius 1 is 1.50 bits per heavy atom. The van der Waals surface area contributed by atoms with Crippen LogP contribution in [-0.2, 0) is 4.74 Å². The highest BCUT2D eigenvalue weighted by atomic mass is 16.5. The largest absolute Gasteiger partial charge is 0.377 e. The predicted octanol–water partition coefficient (Wildman–Crippen LogP) is 1.19. The Labute approximate surface area is 86.4 Å². The molecule has 3 N–H and O–H groups in total. The first kappa shape index (κ1) is 11.5. The maximum absolute atomic E-state index is 5.65. The molecular weight excluding hydrogens is 176 g/mol. The molecule has 0 amide bonds. The van der Waals surface area contributed by atoms with E-state index in [4.69, 9.17) is 17.0 Å². The smallest absolute Gasteiger partial charge is 0.0853 e. The molecule has 3 nitrogen and oxygen atoms in total. The van der Waals surface area contributed by atoms with E-state index < -0.39 is 0 Å². The molecule has 0 radical (unpaired) electrons. The zero-order valence-corrected chi connectivity index (χ0v) is 8.88. The van der Waals surface area contributed by atoms with Crippen molar-refractivity contribution in [1.29, 1.82) is 0 Å². The monoisotopic (exact) mass is 196 g/mol. The molecule has 0 saturated heterocycles. The van der Waals surface area contributed by atoms with Crippen LogP contribution in [0, 0.1) is 12.3 Å². The fourth-order valence-corrected chi connectivity index (χ4v) is 2.36. The Hall–Kier alpha value is -0.560. The van der Waals surface area contributed by atoms with Gasteiger partial charge in [0.15, 0.2) is 0 Å². The molecule has 1 rings (SSSR count). The van der Waals surface area contributed by atoms with E-state index in [9.17, 15) is 0 Å². The first-order valence-electron chi connectivity index (χ1n) is 5.24. The predicted molar refractivity (Wildman–Crippen MR) is 57.4 cm³/mol. The normalized spacial score (nSPS) is 22.6. The molecule has 0 bridgehead atoms. The minimum atomic E-state index is -0.140. The highest BCUT2D eigenvalue weighted by Crippen LogP contribution is 2.34. The second-order valence-corrected chi connectivity index (χ2v) is 3.96. The summed E-state index contributed by atoms with van der Waals surface area (Å²) in [5.41, 5.74) is 2.66. The lowest BCUT2D eigenvalue weighted by atomic mass is 9.78. The lowest BCUT2D eigenvalue weighted by Crippen LogP contribution is -2.55. The molecule has 80 valence electrons. The summed E-state index contributed by atoms with van der Waals surface area (Å²) in [6.07, 6.45) is 11.8. The molecule has 1 aliphatic carbocycles. The van der Waals surface area contributed by atoms with Crippen LogP contribution in [-0.4, -0.2) is 18.8 Å². The number of terminal acetylenes is 1. The third-order valence-electron chi connectivity index (χ3n) is 3.26. The molecule has 0 spiro atoms. The zero-order valence-electron chi connectivity index (χ0n) is 8.88. The summed E-state index contributed by atoms with van der Waals surface area (Å²) in [7, 11) is 1.76. The summed E-state index contributed by atoms with van der Waals surface area (Å²) in [4.78, 5) is 0. The van der Waals surface area contributed by atoms with Crippen LogP contribution in [0.4, 0.5) is 0 Å². The SMILES string of the molecule is C#CCC(NN)C1(OC)CCCCC1. The first-order valence-corrected chi connectivity index (χ1v) is 5.24. The average molecular weight is 196 g/mol. The molecule has 1 fully saturated rings. The molecule has 1 aliphatic rings. The number of rotatable bonds is 4. The lowest BCUT2D eigenvalue weighted by molar-refractivity contribution is -0.0662. The Balaban J connectivity index is 2.69. The molecular formula is C11H20N2O. The van der Waals surface area contributed by atoms with Gasteiger partial charge in [0.25, 0.3) is 0 Å². The summed E-state index contributed by atoms with van der Waals surface area (Å²) in [6.45, 7) is 0. The van der Waals surface area contributed by atoms with Crippen molar-refractivity contribution < 1.29 is 4.74 Å². The molecule has 1 unspecified atom stereocenters. The number of hydrogen-bond donors (Lipinski definition) is 2. The van der Waals surface area contributed by atoms with E-state index in [0.29, 0.717) is 6.42 Å². The van der Waals surface area contributed by atoms with Crippen molar-refractivity contribution in [3.8, 4) is 12.3 Å². The highest BCUT2D eigenvalue weighted by Gasteiger charge is 2.38. The van der Waals surface area contributed by atoms with Crippen LogP contribution < -0.4 is 11.3 Å². The number of methoxy groups -OCH3 is 1. The van der Waals surface area contributed by atoms with Crippen LogP contribution in [0.25, 0.3) is 0 Å². The van der Waals surface area contributed by atoms with Gasteiger partial charge in [-0.1, -0.05) is 19.3 Å². The van der Waals surface area contributed by atoms with Crippen LogP contribution in [0.2, 0.25) is 0 Å². The van der Waals surface area contributed by atoms with Crippen molar-refractivity contribution in [3.05, 3.63) is 0 Å². The fourth-order valence-electron chi connectivity index (χ4n) is 2.36. The van der Waals surface area contributed by atoms with Gasteiger partial charge in [0, 0.05) is 13.5 Å². The van der Waals surface area contributed by atoms with Gasteiger partial charge in [-0.2, -0.15) is 0 Å². The second kappa shape index (κ2) is 5.35. The number of ether oxygens (including phenoxy) is 1. The van der Waals surface area contributed by atoms with Crippen LogP contribution in [0.3, 0.4) is 0 Å². The van der Waals surface area contributed by atoms with Crippen LogP contribution in [0.1, 0.15) is 38.5 Å². The summed E-state index contributed by atoms with van der Waals surface area (Å²) in [6, 6.07) is 0.0813. The van der Waals surface area contributed by atoms with E-state index in [-0.39, 0.29) is 11.6 Å². The molecule has 0 aromatic heterocycles.